The summed E-state index contributed by atoms with van der Waals surface area (Å²) in [5.41, 5.74) is 0.494. The van der Waals surface area contributed by atoms with Gasteiger partial charge in [-0.05, 0) is 37.1 Å². The minimum Gasteiger partial charge on any atom is -0.352 e. The molecule has 1 aliphatic rings. The number of hydrogen-bond acceptors (Lipinski definition) is 2. The second-order valence-electron chi connectivity index (χ2n) is 6.50. The summed E-state index contributed by atoms with van der Waals surface area (Å²) in [6.45, 7) is 0.796. The van der Waals surface area contributed by atoms with Gasteiger partial charge in [0.25, 0.3) is 5.91 Å². The van der Waals surface area contributed by atoms with E-state index in [1.165, 1.54) is 17.0 Å². The third kappa shape index (κ3) is 4.48. The zero-order chi connectivity index (χ0) is 19.4. The second-order valence-corrected chi connectivity index (χ2v) is 6.50. The molecule has 0 spiro atoms. The minimum absolute atomic E-state index is 0.0800. The van der Waals surface area contributed by atoms with Crippen LogP contribution in [-0.4, -0.2) is 29.8 Å². The zero-order valence-corrected chi connectivity index (χ0v) is 14.6. The van der Waals surface area contributed by atoms with Gasteiger partial charge in [-0.25, -0.2) is 13.2 Å². The Morgan fingerprint density at radius 3 is 2.33 bits per heavy atom. The Balaban J connectivity index is 1.52. The smallest absolute Gasteiger partial charge is 0.253 e. The molecule has 4 nitrogen and oxygen atoms in total. The van der Waals surface area contributed by atoms with Crippen molar-refractivity contribution in [2.75, 3.05) is 13.1 Å². The molecule has 1 saturated heterocycles. The summed E-state index contributed by atoms with van der Waals surface area (Å²) in [7, 11) is 0. The van der Waals surface area contributed by atoms with Gasteiger partial charge >= 0.3 is 0 Å². The number of carbonyl (C=O) groups is 2. The molecule has 27 heavy (non-hydrogen) atoms. The van der Waals surface area contributed by atoms with Crippen LogP contribution in [0.3, 0.4) is 0 Å². The van der Waals surface area contributed by atoms with Crippen LogP contribution in [0.1, 0.15) is 28.8 Å². The van der Waals surface area contributed by atoms with E-state index in [0.29, 0.717) is 31.5 Å². The van der Waals surface area contributed by atoms with Crippen molar-refractivity contribution in [3.05, 3.63) is 71.0 Å². The fourth-order valence-electron chi connectivity index (χ4n) is 3.12. The van der Waals surface area contributed by atoms with Crippen molar-refractivity contribution in [3.63, 3.8) is 0 Å². The van der Waals surface area contributed by atoms with Crippen molar-refractivity contribution in [3.8, 4) is 0 Å². The fraction of sp³-hybridized carbons (Fsp3) is 0.300. The molecule has 0 saturated carbocycles. The molecule has 0 atom stereocenters. The van der Waals surface area contributed by atoms with Crippen molar-refractivity contribution >= 4 is 11.8 Å². The number of carbonyl (C=O) groups excluding carboxylic acids is 2. The summed E-state index contributed by atoms with van der Waals surface area (Å²) < 4.78 is 39.9. The first-order chi connectivity index (χ1) is 13.0. The molecule has 2 amide bonds. The van der Waals surface area contributed by atoms with E-state index in [1.54, 1.807) is 18.2 Å². The Bertz CT molecular complexity index is 849. The third-order valence-electron chi connectivity index (χ3n) is 4.73. The summed E-state index contributed by atoms with van der Waals surface area (Å²) in [5.74, 6) is -3.28. The summed E-state index contributed by atoms with van der Waals surface area (Å²) in [6.07, 6.45) is 0.914. The highest BCUT2D eigenvalue weighted by atomic mass is 19.2. The lowest BCUT2D eigenvalue weighted by Crippen LogP contribution is -2.43. The molecule has 3 rings (SSSR count). The molecular weight excluding hydrogens is 357 g/mol. The number of likely N-dealkylation sites (tertiary alicyclic amines) is 1. The first-order valence-corrected chi connectivity index (χ1v) is 8.71. The highest BCUT2D eigenvalue weighted by Gasteiger charge is 2.28. The van der Waals surface area contributed by atoms with Crippen LogP contribution < -0.4 is 5.32 Å². The summed E-state index contributed by atoms with van der Waals surface area (Å²) >= 11 is 0. The van der Waals surface area contributed by atoms with E-state index in [0.717, 1.165) is 12.1 Å². The Morgan fingerprint density at radius 2 is 1.67 bits per heavy atom. The van der Waals surface area contributed by atoms with E-state index in [2.05, 4.69) is 5.32 Å². The molecule has 1 N–H and O–H groups in total. The predicted octanol–water partition coefficient (Wildman–Crippen LogP) is 3.27. The SMILES string of the molecule is O=C(NCc1ccccc1F)C1CCN(C(=O)c2ccc(F)c(F)c2)CC1. The largest absolute Gasteiger partial charge is 0.352 e. The van der Waals surface area contributed by atoms with Crippen LogP contribution in [0, 0.1) is 23.4 Å². The van der Waals surface area contributed by atoms with Crippen LogP contribution in [-0.2, 0) is 11.3 Å². The van der Waals surface area contributed by atoms with Crippen LogP contribution in [0.15, 0.2) is 42.5 Å². The monoisotopic (exact) mass is 376 g/mol. The second kappa shape index (κ2) is 8.24. The fourth-order valence-corrected chi connectivity index (χ4v) is 3.12. The molecule has 0 radical (unpaired) electrons. The molecule has 1 fully saturated rings. The van der Waals surface area contributed by atoms with Crippen molar-refractivity contribution in [2.24, 2.45) is 5.92 Å². The number of benzene rings is 2. The topological polar surface area (TPSA) is 49.4 Å². The van der Waals surface area contributed by atoms with Crippen LogP contribution in [0.5, 0.6) is 0 Å². The molecular formula is C20H19F3N2O2. The summed E-state index contributed by atoms with van der Waals surface area (Å²) in [6, 6.07) is 9.28. The number of halogens is 3. The van der Waals surface area contributed by atoms with E-state index < -0.39 is 11.6 Å². The van der Waals surface area contributed by atoms with E-state index >= 15 is 0 Å². The van der Waals surface area contributed by atoms with Gasteiger partial charge in [-0.15, -0.1) is 0 Å². The van der Waals surface area contributed by atoms with E-state index in [1.807, 2.05) is 0 Å². The van der Waals surface area contributed by atoms with Crippen molar-refractivity contribution < 1.29 is 22.8 Å². The molecule has 0 aliphatic carbocycles. The molecule has 2 aromatic rings. The highest BCUT2D eigenvalue weighted by molar-refractivity contribution is 5.94. The minimum atomic E-state index is -1.07. The molecule has 0 bridgehead atoms. The summed E-state index contributed by atoms with van der Waals surface area (Å²) in [4.78, 5) is 26.2. The van der Waals surface area contributed by atoms with Gasteiger partial charge in [0.05, 0.1) is 0 Å². The Morgan fingerprint density at radius 1 is 0.963 bits per heavy atom. The molecule has 1 heterocycles. The summed E-state index contributed by atoms with van der Waals surface area (Å²) in [5, 5.41) is 2.73. The van der Waals surface area contributed by atoms with Crippen molar-refractivity contribution in [1.29, 1.82) is 0 Å². The highest BCUT2D eigenvalue weighted by Crippen LogP contribution is 2.20. The number of piperidine rings is 1. The van der Waals surface area contributed by atoms with Crippen molar-refractivity contribution in [2.45, 2.75) is 19.4 Å². The van der Waals surface area contributed by atoms with Gasteiger partial charge in [0, 0.05) is 36.7 Å². The van der Waals surface area contributed by atoms with Gasteiger partial charge in [0.1, 0.15) is 5.82 Å². The van der Waals surface area contributed by atoms with Crippen LogP contribution >= 0.6 is 0 Å². The van der Waals surface area contributed by atoms with Crippen LogP contribution in [0.4, 0.5) is 13.2 Å². The standard InChI is InChI=1S/C20H19F3N2O2/c21-16-4-2-1-3-15(16)12-24-19(26)13-7-9-25(10-8-13)20(27)14-5-6-17(22)18(23)11-14/h1-6,11,13H,7-10,12H2,(H,24,26). The molecule has 1 aliphatic heterocycles. The Labute approximate surface area is 155 Å². The lowest BCUT2D eigenvalue weighted by molar-refractivity contribution is -0.126. The Kier molecular flexibility index (Phi) is 5.78. The molecule has 142 valence electrons. The van der Waals surface area contributed by atoms with E-state index in [4.69, 9.17) is 0 Å². The van der Waals surface area contributed by atoms with Crippen LogP contribution in [0.2, 0.25) is 0 Å². The van der Waals surface area contributed by atoms with E-state index in [9.17, 15) is 22.8 Å². The average molecular weight is 376 g/mol. The van der Waals surface area contributed by atoms with Crippen LogP contribution in [0.25, 0.3) is 0 Å². The van der Waals surface area contributed by atoms with Gasteiger partial charge in [-0.2, -0.15) is 0 Å². The zero-order valence-electron chi connectivity index (χ0n) is 14.6. The van der Waals surface area contributed by atoms with Gasteiger partial charge in [-0.1, -0.05) is 18.2 Å². The number of nitrogens with zero attached hydrogens (tertiary/aromatic N) is 1. The van der Waals surface area contributed by atoms with Gasteiger partial charge in [-0.3, -0.25) is 9.59 Å². The lowest BCUT2D eigenvalue weighted by Gasteiger charge is -2.31. The van der Waals surface area contributed by atoms with Crippen molar-refractivity contribution in [1.82, 2.24) is 10.2 Å². The molecule has 0 aromatic heterocycles. The maximum atomic E-state index is 13.6. The first kappa shape index (κ1) is 18.9. The normalized spacial score (nSPS) is 14.9. The average Bonchev–Trinajstić information content (AvgIpc) is 2.69. The lowest BCUT2D eigenvalue weighted by atomic mass is 9.95. The molecule has 2 aromatic carbocycles. The quantitative estimate of drug-likeness (QED) is 0.890. The third-order valence-corrected chi connectivity index (χ3v) is 4.73. The van der Waals surface area contributed by atoms with Gasteiger partial charge in [0.15, 0.2) is 11.6 Å². The maximum absolute atomic E-state index is 13.6. The number of amides is 2. The number of rotatable bonds is 4. The van der Waals surface area contributed by atoms with E-state index in [-0.39, 0.29) is 35.7 Å². The predicted molar refractivity (Wildman–Crippen MR) is 93.2 cm³/mol. The van der Waals surface area contributed by atoms with Gasteiger partial charge < -0.3 is 10.2 Å². The molecule has 7 heteroatoms. The number of hydrogen-bond donors (Lipinski definition) is 1. The number of nitrogens with one attached hydrogen (secondary N) is 1. The van der Waals surface area contributed by atoms with Gasteiger partial charge in [0.2, 0.25) is 5.91 Å². The first-order valence-electron chi connectivity index (χ1n) is 8.71. The maximum Gasteiger partial charge on any atom is 0.253 e. The Hall–Kier alpha value is -2.83. The molecule has 0 unspecified atom stereocenters.